The lowest BCUT2D eigenvalue weighted by molar-refractivity contribution is 0.0296. The summed E-state index contributed by atoms with van der Waals surface area (Å²) in [7, 11) is 0. The SMILES string of the molecule is CC(C)c1cn(CN2C=C([C@@H]3OC(CO)=C(O)C3O)C(O)NC2=O)nn1. The summed E-state index contributed by atoms with van der Waals surface area (Å²) in [6.07, 6.45) is -0.992. The van der Waals surface area contributed by atoms with Gasteiger partial charge in [-0.15, -0.1) is 5.10 Å². The van der Waals surface area contributed by atoms with Crippen LogP contribution in [0.1, 0.15) is 25.5 Å². The third-order valence-electron chi connectivity index (χ3n) is 4.18. The van der Waals surface area contributed by atoms with E-state index in [1.165, 1.54) is 15.8 Å². The number of aliphatic hydroxyl groups is 4. The van der Waals surface area contributed by atoms with Crippen LogP contribution in [0.25, 0.3) is 0 Å². The molecule has 0 bridgehead atoms. The number of carbonyl (C=O) groups excluding carboxylic acids is 1. The van der Waals surface area contributed by atoms with Gasteiger partial charge >= 0.3 is 6.03 Å². The van der Waals surface area contributed by atoms with Crippen LogP contribution in [-0.4, -0.2) is 71.4 Å². The van der Waals surface area contributed by atoms with Crippen molar-refractivity contribution in [2.75, 3.05) is 6.61 Å². The van der Waals surface area contributed by atoms with Crippen LogP contribution in [-0.2, 0) is 11.4 Å². The first-order valence-electron chi connectivity index (χ1n) is 8.06. The fourth-order valence-electron chi connectivity index (χ4n) is 2.68. The standard InChI is InChI=1S/C15H21N5O6/c1-7(2)9-4-20(18-17-9)6-19-3-8(14(24)16-15(19)25)13-12(23)11(22)10(5-21)26-13/h3-4,7,12-14,21-24H,5-6H2,1-2H3,(H,16,25)/t12?,13-,14?/m0/s1. The molecule has 2 aliphatic heterocycles. The number of ether oxygens (including phenoxy) is 1. The van der Waals surface area contributed by atoms with Gasteiger partial charge < -0.3 is 30.5 Å². The van der Waals surface area contributed by atoms with Gasteiger partial charge in [-0.25, -0.2) is 9.48 Å². The maximum absolute atomic E-state index is 12.1. The van der Waals surface area contributed by atoms with Gasteiger partial charge in [0.15, 0.2) is 30.0 Å². The molecule has 0 spiro atoms. The lowest BCUT2D eigenvalue weighted by Gasteiger charge is -2.32. The van der Waals surface area contributed by atoms with Crippen molar-refractivity contribution >= 4 is 6.03 Å². The molecule has 2 aliphatic rings. The molecule has 0 aromatic carbocycles. The molecular weight excluding hydrogens is 346 g/mol. The molecule has 1 aromatic heterocycles. The van der Waals surface area contributed by atoms with Gasteiger partial charge in [0.1, 0.15) is 13.3 Å². The molecule has 0 aliphatic carbocycles. The van der Waals surface area contributed by atoms with Crippen molar-refractivity contribution in [3.63, 3.8) is 0 Å². The molecule has 1 aromatic rings. The van der Waals surface area contributed by atoms with Crippen LogP contribution in [0.15, 0.2) is 29.5 Å². The Morgan fingerprint density at radius 1 is 1.38 bits per heavy atom. The number of urea groups is 1. The molecule has 0 radical (unpaired) electrons. The fourth-order valence-corrected chi connectivity index (χ4v) is 2.68. The van der Waals surface area contributed by atoms with E-state index in [1.807, 2.05) is 13.8 Å². The van der Waals surface area contributed by atoms with E-state index in [-0.39, 0.29) is 23.9 Å². The van der Waals surface area contributed by atoms with E-state index in [9.17, 15) is 20.1 Å². The Morgan fingerprint density at radius 3 is 2.69 bits per heavy atom. The summed E-state index contributed by atoms with van der Waals surface area (Å²) in [5, 5.41) is 49.4. The maximum Gasteiger partial charge on any atom is 0.325 e. The first kappa shape index (κ1) is 18.2. The average molecular weight is 367 g/mol. The predicted octanol–water partition coefficient (Wildman–Crippen LogP) is -0.892. The van der Waals surface area contributed by atoms with Crippen molar-refractivity contribution in [3.05, 3.63) is 35.2 Å². The Hall–Kier alpha value is -2.63. The molecule has 3 rings (SSSR count). The van der Waals surface area contributed by atoms with E-state index in [1.54, 1.807) is 6.20 Å². The molecule has 5 N–H and O–H groups in total. The highest BCUT2D eigenvalue weighted by atomic mass is 16.5. The maximum atomic E-state index is 12.1. The van der Waals surface area contributed by atoms with Gasteiger partial charge in [0.2, 0.25) is 0 Å². The largest absolute Gasteiger partial charge is 0.506 e. The molecule has 0 saturated heterocycles. The van der Waals surface area contributed by atoms with Crippen molar-refractivity contribution in [2.24, 2.45) is 0 Å². The van der Waals surface area contributed by atoms with Crippen LogP contribution >= 0.6 is 0 Å². The molecule has 0 saturated carbocycles. The van der Waals surface area contributed by atoms with Crippen LogP contribution in [0.4, 0.5) is 4.79 Å². The van der Waals surface area contributed by atoms with Gasteiger partial charge in [-0.05, 0) is 5.92 Å². The summed E-state index contributed by atoms with van der Waals surface area (Å²) < 4.78 is 6.76. The van der Waals surface area contributed by atoms with Gasteiger partial charge in [-0.3, -0.25) is 4.90 Å². The highest BCUT2D eigenvalue weighted by Crippen LogP contribution is 2.30. The Bertz CT molecular complexity index is 757. The van der Waals surface area contributed by atoms with E-state index in [4.69, 9.17) is 9.84 Å². The Balaban J connectivity index is 1.81. The lowest BCUT2D eigenvalue weighted by atomic mass is 10.0. The normalized spacial score (nSPS) is 26.2. The van der Waals surface area contributed by atoms with E-state index in [0.29, 0.717) is 0 Å². The Kier molecular flexibility index (Phi) is 4.85. The molecule has 142 valence electrons. The Morgan fingerprint density at radius 2 is 2.12 bits per heavy atom. The number of carbonyl (C=O) groups is 1. The van der Waals surface area contributed by atoms with Gasteiger partial charge in [0.05, 0.1) is 11.9 Å². The zero-order valence-electron chi connectivity index (χ0n) is 14.3. The number of hydrogen-bond acceptors (Lipinski definition) is 8. The van der Waals surface area contributed by atoms with Crippen LogP contribution in [0.3, 0.4) is 0 Å². The van der Waals surface area contributed by atoms with E-state index in [2.05, 4.69) is 15.6 Å². The fraction of sp³-hybridized carbons (Fsp3) is 0.533. The minimum Gasteiger partial charge on any atom is -0.506 e. The van der Waals surface area contributed by atoms with Crippen molar-refractivity contribution in [1.29, 1.82) is 0 Å². The summed E-state index contributed by atoms with van der Waals surface area (Å²) in [5.74, 6) is -0.511. The topological polar surface area (TPSA) is 153 Å². The third-order valence-corrected chi connectivity index (χ3v) is 4.18. The smallest absolute Gasteiger partial charge is 0.325 e. The van der Waals surface area contributed by atoms with Crippen LogP contribution in [0, 0.1) is 0 Å². The molecule has 0 fully saturated rings. The summed E-state index contributed by atoms with van der Waals surface area (Å²) >= 11 is 0. The zero-order valence-corrected chi connectivity index (χ0v) is 14.3. The summed E-state index contributed by atoms with van der Waals surface area (Å²) in [5.41, 5.74) is 0.888. The second-order valence-electron chi connectivity index (χ2n) is 6.38. The molecule has 3 atom stereocenters. The minimum atomic E-state index is -1.46. The number of aromatic nitrogens is 3. The summed E-state index contributed by atoms with van der Waals surface area (Å²) in [4.78, 5) is 13.3. The average Bonchev–Trinajstić information content (AvgIpc) is 3.17. The van der Waals surface area contributed by atoms with Gasteiger partial charge in [-0.2, -0.15) is 0 Å². The van der Waals surface area contributed by atoms with Gasteiger partial charge in [-0.1, -0.05) is 19.1 Å². The molecule has 26 heavy (non-hydrogen) atoms. The predicted molar refractivity (Wildman–Crippen MR) is 86.2 cm³/mol. The van der Waals surface area contributed by atoms with Crippen molar-refractivity contribution in [1.82, 2.24) is 25.2 Å². The number of rotatable bonds is 5. The molecule has 11 nitrogen and oxygen atoms in total. The number of nitrogens with zero attached hydrogens (tertiary/aromatic N) is 4. The van der Waals surface area contributed by atoms with E-state index >= 15 is 0 Å². The molecule has 3 heterocycles. The quantitative estimate of drug-likeness (QED) is 0.449. The molecule has 11 heteroatoms. The van der Waals surface area contributed by atoms with Gasteiger partial charge in [0, 0.05) is 11.8 Å². The lowest BCUT2D eigenvalue weighted by Crippen LogP contribution is -2.51. The first-order valence-corrected chi connectivity index (χ1v) is 8.06. The second kappa shape index (κ2) is 6.94. The van der Waals surface area contributed by atoms with Crippen LogP contribution in [0.5, 0.6) is 0 Å². The van der Waals surface area contributed by atoms with E-state index in [0.717, 1.165) is 5.69 Å². The van der Waals surface area contributed by atoms with Crippen molar-refractivity contribution in [2.45, 2.75) is 44.9 Å². The monoisotopic (exact) mass is 367 g/mol. The number of amides is 2. The van der Waals surface area contributed by atoms with Crippen LogP contribution < -0.4 is 5.32 Å². The van der Waals surface area contributed by atoms with Crippen molar-refractivity contribution in [3.8, 4) is 0 Å². The van der Waals surface area contributed by atoms with Crippen LogP contribution in [0.2, 0.25) is 0 Å². The number of hydrogen-bond donors (Lipinski definition) is 5. The Labute approximate surface area is 148 Å². The third kappa shape index (κ3) is 3.23. The minimum absolute atomic E-state index is 0.0247. The van der Waals surface area contributed by atoms with E-state index < -0.39 is 36.8 Å². The number of nitrogens with one attached hydrogen (secondary N) is 1. The molecule has 2 unspecified atom stereocenters. The highest BCUT2D eigenvalue weighted by Gasteiger charge is 2.42. The molecule has 2 amide bonds. The number of aliphatic hydroxyl groups excluding tert-OH is 4. The summed E-state index contributed by atoms with van der Waals surface area (Å²) in [6, 6.07) is -0.574. The first-order chi connectivity index (χ1) is 12.3. The van der Waals surface area contributed by atoms with Gasteiger partial charge in [0.25, 0.3) is 0 Å². The summed E-state index contributed by atoms with van der Waals surface area (Å²) in [6.45, 7) is 3.35. The van der Waals surface area contributed by atoms with Crippen molar-refractivity contribution < 1.29 is 30.0 Å². The zero-order chi connectivity index (χ0) is 19.0. The highest BCUT2D eigenvalue weighted by molar-refractivity contribution is 5.77. The second-order valence-corrected chi connectivity index (χ2v) is 6.38. The molecular formula is C15H21N5O6.